The van der Waals surface area contributed by atoms with Gasteiger partial charge in [0.15, 0.2) is 0 Å². The number of aromatic nitrogens is 1. The zero-order valence-electron chi connectivity index (χ0n) is 9.32. The SMILES string of the molecule is CNC(Cc1cncs1)C1(C)CCCO1. The van der Waals surface area contributed by atoms with Crippen LogP contribution in [0, 0.1) is 0 Å². The molecule has 1 aromatic heterocycles. The Kier molecular flexibility index (Phi) is 3.38. The first-order valence-corrected chi connectivity index (χ1v) is 6.31. The highest BCUT2D eigenvalue weighted by Crippen LogP contribution is 2.30. The Balaban J connectivity index is 2.03. The Morgan fingerprint density at radius 1 is 1.73 bits per heavy atom. The van der Waals surface area contributed by atoms with E-state index in [2.05, 4.69) is 17.2 Å². The summed E-state index contributed by atoms with van der Waals surface area (Å²) in [6, 6.07) is 0.389. The number of hydrogen-bond acceptors (Lipinski definition) is 4. The van der Waals surface area contributed by atoms with Crippen molar-refractivity contribution in [2.24, 2.45) is 0 Å². The number of likely N-dealkylation sites (N-methyl/N-ethyl adjacent to an activating group) is 1. The van der Waals surface area contributed by atoms with E-state index in [0.717, 1.165) is 19.4 Å². The largest absolute Gasteiger partial charge is 0.374 e. The van der Waals surface area contributed by atoms with Crippen molar-refractivity contribution in [2.45, 2.75) is 37.8 Å². The second-order valence-corrected chi connectivity index (χ2v) is 5.25. The first-order chi connectivity index (χ1) is 7.24. The lowest BCUT2D eigenvalue weighted by Gasteiger charge is -2.32. The molecule has 4 heteroatoms. The predicted molar refractivity (Wildman–Crippen MR) is 62.3 cm³/mol. The smallest absolute Gasteiger partial charge is 0.0811 e. The third kappa shape index (κ3) is 2.38. The molecule has 0 bridgehead atoms. The summed E-state index contributed by atoms with van der Waals surface area (Å²) in [4.78, 5) is 5.43. The summed E-state index contributed by atoms with van der Waals surface area (Å²) in [5.74, 6) is 0. The highest BCUT2D eigenvalue weighted by atomic mass is 32.1. The lowest BCUT2D eigenvalue weighted by molar-refractivity contribution is -0.00924. The molecule has 0 radical (unpaired) electrons. The maximum atomic E-state index is 5.86. The summed E-state index contributed by atoms with van der Waals surface area (Å²) in [6.45, 7) is 3.11. The standard InChI is InChI=1S/C11H18N2OS/c1-11(4-3-5-14-11)10(12-2)6-9-7-13-8-15-9/h7-8,10,12H,3-6H2,1-2H3. The lowest BCUT2D eigenvalue weighted by Crippen LogP contribution is -2.48. The Morgan fingerprint density at radius 3 is 3.13 bits per heavy atom. The summed E-state index contributed by atoms with van der Waals surface area (Å²) in [7, 11) is 2.01. The van der Waals surface area contributed by atoms with Crippen LogP contribution >= 0.6 is 11.3 Å². The van der Waals surface area contributed by atoms with Crippen molar-refractivity contribution < 1.29 is 4.74 Å². The lowest BCUT2D eigenvalue weighted by atomic mass is 9.90. The normalized spacial score (nSPS) is 28.1. The molecule has 0 spiro atoms. The van der Waals surface area contributed by atoms with Gasteiger partial charge in [-0.15, -0.1) is 11.3 Å². The molecule has 2 unspecified atom stereocenters. The minimum Gasteiger partial charge on any atom is -0.374 e. The van der Waals surface area contributed by atoms with E-state index >= 15 is 0 Å². The average Bonchev–Trinajstić information content (AvgIpc) is 2.85. The molecule has 1 aromatic rings. The molecule has 0 amide bonds. The fourth-order valence-electron chi connectivity index (χ4n) is 2.24. The number of rotatable bonds is 4. The van der Waals surface area contributed by atoms with Gasteiger partial charge in [-0.2, -0.15) is 0 Å². The summed E-state index contributed by atoms with van der Waals surface area (Å²) in [6.07, 6.45) is 5.29. The number of thiazole rings is 1. The van der Waals surface area contributed by atoms with Crippen LogP contribution in [0.5, 0.6) is 0 Å². The molecule has 84 valence electrons. The van der Waals surface area contributed by atoms with E-state index < -0.39 is 0 Å². The zero-order chi connectivity index (χ0) is 10.7. The molecular formula is C11H18N2OS. The van der Waals surface area contributed by atoms with Crippen molar-refractivity contribution in [3.05, 3.63) is 16.6 Å². The molecular weight excluding hydrogens is 208 g/mol. The minimum atomic E-state index is -0.00125. The summed E-state index contributed by atoms with van der Waals surface area (Å²) < 4.78 is 5.86. The maximum Gasteiger partial charge on any atom is 0.0811 e. The first-order valence-electron chi connectivity index (χ1n) is 5.43. The second-order valence-electron chi connectivity index (χ2n) is 4.28. The number of ether oxygens (including phenoxy) is 1. The Bertz CT molecular complexity index is 294. The van der Waals surface area contributed by atoms with Crippen LogP contribution in [0.25, 0.3) is 0 Å². The third-order valence-corrected chi connectivity index (χ3v) is 4.03. The van der Waals surface area contributed by atoms with Crippen molar-refractivity contribution in [1.29, 1.82) is 0 Å². The highest BCUT2D eigenvalue weighted by Gasteiger charge is 2.37. The van der Waals surface area contributed by atoms with Crippen molar-refractivity contribution in [3.8, 4) is 0 Å². The van der Waals surface area contributed by atoms with E-state index in [-0.39, 0.29) is 5.60 Å². The topological polar surface area (TPSA) is 34.2 Å². The Labute approximate surface area is 94.9 Å². The summed E-state index contributed by atoms with van der Waals surface area (Å²) in [5, 5.41) is 3.38. The molecule has 2 heterocycles. The zero-order valence-corrected chi connectivity index (χ0v) is 10.1. The number of nitrogens with one attached hydrogen (secondary N) is 1. The van der Waals surface area contributed by atoms with Gasteiger partial charge in [-0.25, -0.2) is 0 Å². The van der Waals surface area contributed by atoms with Gasteiger partial charge in [-0.05, 0) is 26.8 Å². The Hall–Kier alpha value is -0.450. The predicted octanol–water partition coefficient (Wildman–Crippen LogP) is 1.84. The molecule has 1 aliphatic heterocycles. The van der Waals surface area contributed by atoms with Gasteiger partial charge >= 0.3 is 0 Å². The van der Waals surface area contributed by atoms with E-state index in [1.165, 1.54) is 11.3 Å². The maximum absolute atomic E-state index is 5.86. The van der Waals surface area contributed by atoms with Gasteiger partial charge < -0.3 is 10.1 Å². The van der Waals surface area contributed by atoms with Crippen LogP contribution in [0.1, 0.15) is 24.6 Å². The molecule has 1 N–H and O–H groups in total. The monoisotopic (exact) mass is 226 g/mol. The van der Waals surface area contributed by atoms with Crippen LogP contribution in [0.4, 0.5) is 0 Å². The molecule has 1 aliphatic rings. The van der Waals surface area contributed by atoms with Crippen molar-refractivity contribution in [1.82, 2.24) is 10.3 Å². The molecule has 15 heavy (non-hydrogen) atoms. The van der Waals surface area contributed by atoms with Crippen LogP contribution in [-0.2, 0) is 11.2 Å². The van der Waals surface area contributed by atoms with Gasteiger partial charge in [0.05, 0.1) is 11.1 Å². The molecule has 3 nitrogen and oxygen atoms in total. The summed E-state index contributed by atoms with van der Waals surface area (Å²) in [5.41, 5.74) is 1.89. The van der Waals surface area contributed by atoms with Gasteiger partial charge in [0.25, 0.3) is 0 Å². The molecule has 2 atom stereocenters. The number of hydrogen-bond donors (Lipinski definition) is 1. The van der Waals surface area contributed by atoms with E-state index in [4.69, 9.17) is 4.74 Å². The van der Waals surface area contributed by atoms with Crippen molar-refractivity contribution >= 4 is 11.3 Å². The first kappa shape index (κ1) is 11.0. The number of nitrogens with zero attached hydrogens (tertiary/aromatic N) is 1. The van der Waals surface area contributed by atoms with Gasteiger partial charge in [-0.1, -0.05) is 0 Å². The van der Waals surface area contributed by atoms with E-state index in [1.807, 2.05) is 18.8 Å². The molecule has 1 saturated heterocycles. The molecule has 0 aliphatic carbocycles. The molecule has 1 fully saturated rings. The molecule has 0 saturated carbocycles. The molecule has 0 aromatic carbocycles. The fraction of sp³-hybridized carbons (Fsp3) is 0.727. The quantitative estimate of drug-likeness (QED) is 0.850. The van der Waals surface area contributed by atoms with E-state index in [0.29, 0.717) is 6.04 Å². The van der Waals surface area contributed by atoms with Crippen LogP contribution in [0.2, 0.25) is 0 Å². The minimum absolute atomic E-state index is 0.00125. The van der Waals surface area contributed by atoms with Crippen LogP contribution in [0.3, 0.4) is 0 Å². The van der Waals surface area contributed by atoms with Gasteiger partial charge in [0.2, 0.25) is 0 Å². The summed E-state index contributed by atoms with van der Waals surface area (Å²) >= 11 is 1.72. The van der Waals surface area contributed by atoms with Crippen LogP contribution in [0.15, 0.2) is 11.7 Å². The highest BCUT2D eigenvalue weighted by molar-refractivity contribution is 7.09. The molecule has 2 rings (SSSR count). The average molecular weight is 226 g/mol. The van der Waals surface area contributed by atoms with Crippen molar-refractivity contribution in [3.63, 3.8) is 0 Å². The van der Waals surface area contributed by atoms with Gasteiger partial charge in [-0.3, -0.25) is 4.98 Å². The van der Waals surface area contributed by atoms with Crippen LogP contribution in [-0.4, -0.2) is 30.3 Å². The van der Waals surface area contributed by atoms with Crippen LogP contribution < -0.4 is 5.32 Å². The van der Waals surface area contributed by atoms with E-state index in [9.17, 15) is 0 Å². The van der Waals surface area contributed by atoms with Gasteiger partial charge in [0, 0.05) is 30.1 Å². The fourth-order valence-corrected chi connectivity index (χ4v) is 2.88. The second kappa shape index (κ2) is 4.60. The van der Waals surface area contributed by atoms with Crippen molar-refractivity contribution in [2.75, 3.05) is 13.7 Å². The third-order valence-electron chi connectivity index (χ3n) is 3.22. The Morgan fingerprint density at radius 2 is 2.60 bits per heavy atom. The van der Waals surface area contributed by atoms with E-state index in [1.54, 1.807) is 11.3 Å². The van der Waals surface area contributed by atoms with Gasteiger partial charge in [0.1, 0.15) is 0 Å².